The Morgan fingerprint density at radius 3 is 3.05 bits per heavy atom. The van der Waals surface area contributed by atoms with E-state index in [1.165, 1.54) is 0 Å². The highest BCUT2D eigenvalue weighted by Gasteiger charge is 2.24. The molecule has 1 atom stereocenters. The molecule has 1 saturated heterocycles. The molecular formula is C15H17N3O. The second kappa shape index (κ2) is 4.97. The molecule has 1 unspecified atom stereocenters. The Bertz CT molecular complexity index is 611. The van der Waals surface area contributed by atoms with Gasteiger partial charge in [0.25, 0.3) is 0 Å². The van der Waals surface area contributed by atoms with Crippen LogP contribution in [0.1, 0.15) is 12.6 Å². The third kappa shape index (κ3) is 2.44. The van der Waals surface area contributed by atoms with Crippen molar-refractivity contribution in [3.05, 3.63) is 42.1 Å². The number of fused-ring (bicyclic) bond motifs is 1. The molecule has 98 valence electrons. The predicted molar refractivity (Wildman–Crippen MR) is 74.6 cm³/mol. The summed E-state index contributed by atoms with van der Waals surface area (Å²) in [6.07, 6.45) is 0. The zero-order valence-electron chi connectivity index (χ0n) is 11.0. The van der Waals surface area contributed by atoms with Gasteiger partial charge in [-0.15, -0.1) is 0 Å². The number of nitrogens with one attached hydrogen (secondary N) is 1. The molecule has 0 saturated carbocycles. The van der Waals surface area contributed by atoms with Gasteiger partial charge in [0.1, 0.15) is 0 Å². The van der Waals surface area contributed by atoms with Crippen molar-refractivity contribution in [2.75, 3.05) is 13.1 Å². The van der Waals surface area contributed by atoms with Crippen LogP contribution < -0.4 is 5.32 Å². The van der Waals surface area contributed by atoms with Crippen LogP contribution in [-0.4, -0.2) is 34.9 Å². The van der Waals surface area contributed by atoms with Gasteiger partial charge in [-0.1, -0.05) is 24.3 Å². The van der Waals surface area contributed by atoms with E-state index in [9.17, 15) is 4.79 Å². The van der Waals surface area contributed by atoms with Crippen LogP contribution in [0.2, 0.25) is 0 Å². The van der Waals surface area contributed by atoms with Gasteiger partial charge in [0.05, 0.1) is 23.8 Å². The van der Waals surface area contributed by atoms with E-state index in [0.29, 0.717) is 6.54 Å². The minimum absolute atomic E-state index is 0.0887. The molecule has 2 aromatic rings. The first kappa shape index (κ1) is 12.1. The Morgan fingerprint density at radius 1 is 1.32 bits per heavy atom. The Balaban J connectivity index is 1.83. The van der Waals surface area contributed by atoms with Crippen LogP contribution in [-0.2, 0) is 11.3 Å². The number of nitrogens with zero attached hydrogens (tertiary/aromatic N) is 2. The normalized spacial score (nSPS) is 19.9. The summed E-state index contributed by atoms with van der Waals surface area (Å²) in [4.78, 5) is 18.5. The van der Waals surface area contributed by atoms with Gasteiger partial charge in [-0.25, -0.2) is 0 Å². The minimum Gasteiger partial charge on any atom is -0.334 e. The maximum atomic E-state index is 12.0. The van der Waals surface area contributed by atoms with E-state index in [1.807, 2.05) is 42.2 Å². The van der Waals surface area contributed by atoms with Crippen LogP contribution in [0.15, 0.2) is 36.4 Å². The van der Waals surface area contributed by atoms with Gasteiger partial charge in [-0.2, -0.15) is 0 Å². The molecule has 1 amide bonds. The molecule has 4 nitrogen and oxygen atoms in total. The summed E-state index contributed by atoms with van der Waals surface area (Å²) in [5, 5.41) is 4.30. The molecule has 3 rings (SSSR count). The minimum atomic E-state index is -0.0887. The summed E-state index contributed by atoms with van der Waals surface area (Å²) < 4.78 is 0. The number of para-hydroxylation sites is 1. The Hall–Kier alpha value is -1.94. The third-order valence-corrected chi connectivity index (χ3v) is 3.52. The number of benzene rings is 1. The monoisotopic (exact) mass is 255 g/mol. The highest BCUT2D eigenvalue weighted by atomic mass is 16.2. The number of aromatic nitrogens is 1. The molecule has 0 aliphatic carbocycles. The maximum absolute atomic E-state index is 12.0. The first-order valence-corrected chi connectivity index (χ1v) is 6.61. The molecule has 0 radical (unpaired) electrons. The van der Waals surface area contributed by atoms with E-state index in [1.54, 1.807) is 0 Å². The standard InChI is InChI=1S/C15H17N3O/c1-11-15(19)18(9-8-16-11)10-13-7-6-12-4-2-3-5-14(12)17-13/h2-7,11,16H,8-10H2,1H3. The van der Waals surface area contributed by atoms with Crippen LogP contribution in [0.5, 0.6) is 0 Å². The van der Waals surface area contributed by atoms with Crippen molar-refractivity contribution in [1.29, 1.82) is 0 Å². The Kier molecular flexibility index (Phi) is 3.17. The zero-order chi connectivity index (χ0) is 13.2. The third-order valence-electron chi connectivity index (χ3n) is 3.52. The quantitative estimate of drug-likeness (QED) is 0.885. The summed E-state index contributed by atoms with van der Waals surface area (Å²) in [5.74, 6) is 0.154. The van der Waals surface area contributed by atoms with Crippen molar-refractivity contribution in [2.24, 2.45) is 0 Å². The molecule has 2 heterocycles. The second-order valence-corrected chi connectivity index (χ2v) is 4.93. The van der Waals surface area contributed by atoms with Gasteiger partial charge in [0.15, 0.2) is 0 Å². The van der Waals surface area contributed by atoms with Crippen molar-refractivity contribution in [3.63, 3.8) is 0 Å². The largest absolute Gasteiger partial charge is 0.334 e. The lowest BCUT2D eigenvalue weighted by molar-refractivity contribution is -0.135. The fourth-order valence-corrected chi connectivity index (χ4v) is 2.44. The summed E-state index contributed by atoms with van der Waals surface area (Å²) in [6, 6.07) is 12.0. The van der Waals surface area contributed by atoms with Crippen molar-refractivity contribution in [3.8, 4) is 0 Å². The van der Waals surface area contributed by atoms with Gasteiger partial charge >= 0.3 is 0 Å². The number of hydrogen-bond acceptors (Lipinski definition) is 3. The van der Waals surface area contributed by atoms with Crippen LogP contribution >= 0.6 is 0 Å². The van der Waals surface area contributed by atoms with Crippen LogP contribution in [0.3, 0.4) is 0 Å². The lowest BCUT2D eigenvalue weighted by atomic mass is 10.2. The number of hydrogen-bond donors (Lipinski definition) is 1. The summed E-state index contributed by atoms with van der Waals surface area (Å²) in [7, 11) is 0. The van der Waals surface area contributed by atoms with E-state index in [2.05, 4.69) is 16.4 Å². The molecule has 19 heavy (non-hydrogen) atoms. The van der Waals surface area contributed by atoms with Crippen molar-refractivity contribution in [2.45, 2.75) is 19.5 Å². The molecule has 1 aliphatic rings. The zero-order valence-corrected chi connectivity index (χ0v) is 11.0. The number of rotatable bonds is 2. The van der Waals surface area contributed by atoms with Crippen LogP contribution in [0.4, 0.5) is 0 Å². The highest BCUT2D eigenvalue weighted by Crippen LogP contribution is 2.14. The molecule has 0 bridgehead atoms. The van der Waals surface area contributed by atoms with E-state index < -0.39 is 0 Å². The van der Waals surface area contributed by atoms with Gasteiger partial charge in [-0.05, 0) is 19.1 Å². The predicted octanol–water partition coefficient (Wildman–Crippen LogP) is 1.56. The van der Waals surface area contributed by atoms with E-state index >= 15 is 0 Å². The molecule has 4 heteroatoms. The highest BCUT2D eigenvalue weighted by molar-refractivity contribution is 5.82. The lowest BCUT2D eigenvalue weighted by Crippen LogP contribution is -2.53. The van der Waals surface area contributed by atoms with Gasteiger partial charge in [0, 0.05) is 18.5 Å². The summed E-state index contributed by atoms with van der Waals surface area (Å²) in [6.45, 7) is 4.09. The SMILES string of the molecule is CC1NCCN(Cc2ccc3ccccc3n2)C1=O. The number of carbonyl (C=O) groups excluding carboxylic acids is 1. The van der Waals surface area contributed by atoms with Gasteiger partial charge in [0.2, 0.25) is 5.91 Å². The molecule has 1 aliphatic heterocycles. The molecule has 1 aromatic carbocycles. The van der Waals surface area contributed by atoms with E-state index in [4.69, 9.17) is 0 Å². The first-order valence-electron chi connectivity index (χ1n) is 6.61. The first-order chi connectivity index (χ1) is 9.24. The second-order valence-electron chi connectivity index (χ2n) is 4.93. The Labute approximate surface area is 112 Å². The van der Waals surface area contributed by atoms with Gasteiger partial charge in [-0.3, -0.25) is 9.78 Å². The average molecular weight is 255 g/mol. The van der Waals surface area contributed by atoms with Gasteiger partial charge < -0.3 is 10.2 Å². The number of amides is 1. The topological polar surface area (TPSA) is 45.2 Å². The van der Waals surface area contributed by atoms with E-state index in [0.717, 1.165) is 29.7 Å². The van der Waals surface area contributed by atoms with Crippen LogP contribution in [0.25, 0.3) is 10.9 Å². The maximum Gasteiger partial charge on any atom is 0.239 e. The molecule has 1 fully saturated rings. The number of pyridine rings is 1. The summed E-state index contributed by atoms with van der Waals surface area (Å²) in [5.41, 5.74) is 1.93. The molecule has 1 N–H and O–H groups in total. The van der Waals surface area contributed by atoms with Crippen molar-refractivity contribution < 1.29 is 4.79 Å². The number of carbonyl (C=O) groups is 1. The fourth-order valence-electron chi connectivity index (χ4n) is 2.44. The average Bonchev–Trinajstić information content (AvgIpc) is 2.44. The summed E-state index contributed by atoms with van der Waals surface area (Å²) >= 11 is 0. The number of piperazine rings is 1. The van der Waals surface area contributed by atoms with Crippen molar-refractivity contribution >= 4 is 16.8 Å². The Morgan fingerprint density at radius 2 is 2.16 bits per heavy atom. The fraction of sp³-hybridized carbons (Fsp3) is 0.333. The lowest BCUT2D eigenvalue weighted by Gasteiger charge is -2.31. The van der Waals surface area contributed by atoms with E-state index in [-0.39, 0.29) is 11.9 Å². The molecule has 1 aromatic heterocycles. The van der Waals surface area contributed by atoms with Crippen LogP contribution in [0, 0.1) is 0 Å². The molecule has 0 spiro atoms. The molecular weight excluding hydrogens is 238 g/mol. The smallest absolute Gasteiger partial charge is 0.239 e. The van der Waals surface area contributed by atoms with Crippen molar-refractivity contribution in [1.82, 2.24) is 15.2 Å².